The smallest absolute Gasteiger partial charge is 0.231 e. The average molecular weight is 247 g/mol. The van der Waals surface area contributed by atoms with Crippen molar-refractivity contribution in [1.29, 1.82) is 0 Å². The Balaban J connectivity index is 1.60. The standard InChI is InChI=1S/C15H21NO2/c1-16-13-4-2-3-12(13)7-5-11-6-8-14-15(9-11)18-10-17-14/h6,8-9,12-13,16H,2-5,7,10H2,1H3. The Hall–Kier alpha value is -1.22. The highest BCUT2D eigenvalue weighted by molar-refractivity contribution is 5.44. The second kappa shape index (κ2) is 5.19. The Kier molecular flexibility index (Phi) is 3.41. The third-order valence-corrected chi connectivity index (χ3v) is 4.27. The zero-order valence-electron chi connectivity index (χ0n) is 10.9. The van der Waals surface area contributed by atoms with Gasteiger partial charge in [-0.25, -0.2) is 0 Å². The van der Waals surface area contributed by atoms with E-state index in [0.29, 0.717) is 6.79 Å². The molecule has 98 valence electrons. The van der Waals surface area contributed by atoms with Crippen molar-refractivity contribution in [2.24, 2.45) is 5.92 Å². The number of ether oxygens (including phenoxy) is 2. The van der Waals surface area contributed by atoms with Crippen LogP contribution in [-0.2, 0) is 6.42 Å². The van der Waals surface area contributed by atoms with Crippen LogP contribution < -0.4 is 14.8 Å². The summed E-state index contributed by atoms with van der Waals surface area (Å²) in [7, 11) is 2.09. The lowest BCUT2D eigenvalue weighted by Gasteiger charge is -2.18. The average Bonchev–Trinajstić information content (AvgIpc) is 3.04. The molecule has 1 aromatic carbocycles. The maximum absolute atomic E-state index is 5.42. The van der Waals surface area contributed by atoms with Crippen LogP contribution in [0.3, 0.4) is 0 Å². The Morgan fingerprint density at radius 1 is 1.22 bits per heavy atom. The molecule has 1 aromatic rings. The molecule has 0 spiro atoms. The molecule has 2 atom stereocenters. The predicted molar refractivity (Wildman–Crippen MR) is 71.1 cm³/mol. The van der Waals surface area contributed by atoms with Gasteiger partial charge in [-0.3, -0.25) is 0 Å². The first-order valence-electron chi connectivity index (χ1n) is 6.92. The first-order chi connectivity index (χ1) is 8.86. The predicted octanol–water partition coefficient (Wildman–Crippen LogP) is 2.74. The van der Waals surface area contributed by atoms with E-state index in [1.807, 2.05) is 6.07 Å². The molecule has 0 bridgehead atoms. The molecule has 1 fully saturated rings. The molecule has 1 N–H and O–H groups in total. The SMILES string of the molecule is CNC1CCCC1CCc1ccc2c(c1)OCO2. The number of hydrogen-bond acceptors (Lipinski definition) is 3. The Labute approximate surface area is 108 Å². The van der Waals surface area contributed by atoms with E-state index in [0.717, 1.165) is 29.9 Å². The second-order valence-corrected chi connectivity index (χ2v) is 5.31. The first-order valence-corrected chi connectivity index (χ1v) is 6.92. The molecule has 1 heterocycles. The van der Waals surface area contributed by atoms with E-state index in [-0.39, 0.29) is 0 Å². The fourth-order valence-electron chi connectivity index (χ4n) is 3.21. The summed E-state index contributed by atoms with van der Waals surface area (Å²) in [5.41, 5.74) is 1.36. The van der Waals surface area contributed by atoms with Crippen molar-refractivity contribution in [3.05, 3.63) is 23.8 Å². The third-order valence-electron chi connectivity index (χ3n) is 4.27. The highest BCUT2D eigenvalue weighted by Gasteiger charge is 2.25. The molecule has 3 nitrogen and oxygen atoms in total. The van der Waals surface area contributed by atoms with Gasteiger partial charge in [0.2, 0.25) is 6.79 Å². The Bertz CT molecular complexity index is 419. The number of fused-ring (bicyclic) bond motifs is 1. The fraction of sp³-hybridized carbons (Fsp3) is 0.600. The summed E-state index contributed by atoms with van der Waals surface area (Å²) in [6, 6.07) is 7.05. The van der Waals surface area contributed by atoms with E-state index < -0.39 is 0 Å². The highest BCUT2D eigenvalue weighted by Crippen LogP contribution is 2.34. The Morgan fingerprint density at radius 2 is 2.11 bits per heavy atom. The number of rotatable bonds is 4. The molecule has 1 aliphatic carbocycles. The lowest BCUT2D eigenvalue weighted by molar-refractivity contribution is 0.174. The second-order valence-electron chi connectivity index (χ2n) is 5.31. The van der Waals surface area contributed by atoms with Gasteiger partial charge in [0.05, 0.1) is 0 Å². The minimum Gasteiger partial charge on any atom is -0.454 e. The van der Waals surface area contributed by atoms with E-state index >= 15 is 0 Å². The molecule has 0 radical (unpaired) electrons. The van der Waals surface area contributed by atoms with Gasteiger partial charge in [0.25, 0.3) is 0 Å². The van der Waals surface area contributed by atoms with Crippen LogP contribution in [0.4, 0.5) is 0 Å². The Morgan fingerprint density at radius 3 is 3.00 bits per heavy atom. The molecule has 2 aliphatic rings. The summed E-state index contributed by atoms with van der Waals surface area (Å²) in [5, 5.41) is 3.45. The van der Waals surface area contributed by atoms with Crippen molar-refractivity contribution in [2.45, 2.75) is 38.1 Å². The molecule has 18 heavy (non-hydrogen) atoms. The van der Waals surface area contributed by atoms with E-state index in [2.05, 4.69) is 24.5 Å². The third kappa shape index (κ3) is 2.32. The van der Waals surface area contributed by atoms with Gasteiger partial charge in [0.1, 0.15) is 0 Å². The molecule has 3 rings (SSSR count). The lowest BCUT2D eigenvalue weighted by atomic mass is 9.95. The number of hydrogen-bond donors (Lipinski definition) is 1. The van der Waals surface area contributed by atoms with E-state index in [1.54, 1.807) is 0 Å². The zero-order chi connectivity index (χ0) is 12.4. The van der Waals surface area contributed by atoms with Crippen molar-refractivity contribution < 1.29 is 9.47 Å². The summed E-state index contributed by atoms with van der Waals surface area (Å²) in [6.07, 6.45) is 6.49. The van der Waals surface area contributed by atoms with E-state index in [9.17, 15) is 0 Å². The van der Waals surface area contributed by atoms with Crippen LogP contribution in [0.2, 0.25) is 0 Å². The van der Waals surface area contributed by atoms with Crippen molar-refractivity contribution in [3.8, 4) is 11.5 Å². The normalized spacial score (nSPS) is 25.6. The molecule has 1 aliphatic heterocycles. The molecule has 3 heteroatoms. The van der Waals surface area contributed by atoms with E-state index in [4.69, 9.17) is 9.47 Å². The molecular weight excluding hydrogens is 226 g/mol. The monoisotopic (exact) mass is 247 g/mol. The summed E-state index contributed by atoms with van der Waals surface area (Å²) >= 11 is 0. The summed E-state index contributed by atoms with van der Waals surface area (Å²) in [6.45, 7) is 0.364. The van der Waals surface area contributed by atoms with Crippen molar-refractivity contribution >= 4 is 0 Å². The number of benzene rings is 1. The quantitative estimate of drug-likeness (QED) is 0.887. The maximum atomic E-state index is 5.42. The largest absolute Gasteiger partial charge is 0.454 e. The van der Waals surface area contributed by atoms with Crippen LogP contribution in [0.15, 0.2) is 18.2 Å². The summed E-state index contributed by atoms with van der Waals surface area (Å²) in [5.74, 6) is 2.62. The van der Waals surface area contributed by atoms with Crippen molar-refractivity contribution in [2.75, 3.05) is 13.8 Å². The maximum Gasteiger partial charge on any atom is 0.231 e. The van der Waals surface area contributed by atoms with Crippen LogP contribution in [0, 0.1) is 5.92 Å². The van der Waals surface area contributed by atoms with Crippen LogP contribution in [-0.4, -0.2) is 19.9 Å². The molecule has 0 amide bonds. The van der Waals surface area contributed by atoms with Crippen LogP contribution >= 0.6 is 0 Å². The van der Waals surface area contributed by atoms with Gasteiger partial charge in [-0.1, -0.05) is 12.5 Å². The molecule has 0 saturated heterocycles. The van der Waals surface area contributed by atoms with Gasteiger partial charge in [-0.15, -0.1) is 0 Å². The molecule has 2 unspecified atom stereocenters. The number of aryl methyl sites for hydroxylation is 1. The van der Waals surface area contributed by atoms with Crippen LogP contribution in [0.25, 0.3) is 0 Å². The zero-order valence-corrected chi connectivity index (χ0v) is 10.9. The minimum atomic E-state index is 0.364. The molecular formula is C15H21NO2. The summed E-state index contributed by atoms with van der Waals surface area (Å²) in [4.78, 5) is 0. The first kappa shape index (κ1) is 11.8. The topological polar surface area (TPSA) is 30.5 Å². The van der Waals surface area contributed by atoms with Crippen LogP contribution in [0.5, 0.6) is 11.5 Å². The van der Waals surface area contributed by atoms with Gasteiger partial charge in [-0.05, 0) is 56.3 Å². The van der Waals surface area contributed by atoms with Gasteiger partial charge in [0.15, 0.2) is 11.5 Å². The van der Waals surface area contributed by atoms with Gasteiger partial charge >= 0.3 is 0 Å². The molecule has 1 saturated carbocycles. The van der Waals surface area contributed by atoms with Crippen molar-refractivity contribution in [3.63, 3.8) is 0 Å². The minimum absolute atomic E-state index is 0.364. The van der Waals surface area contributed by atoms with Crippen LogP contribution in [0.1, 0.15) is 31.2 Å². The van der Waals surface area contributed by atoms with Gasteiger partial charge < -0.3 is 14.8 Å². The van der Waals surface area contributed by atoms with E-state index in [1.165, 1.54) is 31.2 Å². The number of nitrogens with one attached hydrogen (secondary N) is 1. The lowest BCUT2D eigenvalue weighted by Crippen LogP contribution is -2.29. The van der Waals surface area contributed by atoms with Gasteiger partial charge in [-0.2, -0.15) is 0 Å². The molecule has 0 aromatic heterocycles. The van der Waals surface area contributed by atoms with Gasteiger partial charge in [0, 0.05) is 6.04 Å². The highest BCUT2D eigenvalue weighted by atomic mass is 16.7. The summed E-state index contributed by atoms with van der Waals surface area (Å²) < 4.78 is 10.8. The fourth-order valence-corrected chi connectivity index (χ4v) is 3.21. The van der Waals surface area contributed by atoms with Crippen molar-refractivity contribution in [1.82, 2.24) is 5.32 Å².